The van der Waals surface area contributed by atoms with Crippen LogP contribution in [0.4, 0.5) is 0 Å². The number of carboxylic acid groups (broad SMARTS) is 1. The van der Waals surface area contributed by atoms with Crippen LogP contribution in [0.5, 0.6) is 0 Å². The number of rotatable bonds is 9. The van der Waals surface area contributed by atoms with E-state index >= 15 is 0 Å². The molecule has 1 aromatic rings. The van der Waals surface area contributed by atoms with Gasteiger partial charge >= 0.3 is 5.97 Å². The average molecular weight is 257 g/mol. The molecule has 0 amide bonds. The molecule has 0 saturated heterocycles. The lowest BCUT2D eigenvalue weighted by Gasteiger charge is -2.01. The predicted octanol–water partition coefficient (Wildman–Crippen LogP) is 3.33. The Hall–Kier alpha value is -0.940. The van der Waals surface area contributed by atoms with Crippen molar-refractivity contribution in [1.29, 1.82) is 0 Å². The summed E-state index contributed by atoms with van der Waals surface area (Å²) in [6.07, 6.45) is 6.06. The minimum Gasteiger partial charge on any atom is -0.476 e. The predicted molar refractivity (Wildman–Crippen MR) is 67.5 cm³/mol. The summed E-state index contributed by atoms with van der Waals surface area (Å²) in [6.45, 7) is 3.33. The highest BCUT2D eigenvalue weighted by molar-refractivity contribution is 7.11. The van der Waals surface area contributed by atoms with Crippen LogP contribution in [-0.2, 0) is 11.3 Å². The monoisotopic (exact) mass is 257 g/mol. The third-order valence-corrected chi connectivity index (χ3v) is 3.26. The van der Waals surface area contributed by atoms with Crippen molar-refractivity contribution in [1.82, 2.24) is 4.98 Å². The number of hydrogen-bond donors (Lipinski definition) is 1. The fourth-order valence-electron chi connectivity index (χ4n) is 1.46. The first-order valence-electron chi connectivity index (χ1n) is 5.99. The number of aromatic nitrogens is 1. The molecular weight excluding hydrogens is 238 g/mol. The van der Waals surface area contributed by atoms with E-state index < -0.39 is 5.97 Å². The van der Waals surface area contributed by atoms with Crippen LogP contribution in [0.25, 0.3) is 0 Å². The normalized spacial score (nSPS) is 10.6. The maximum absolute atomic E-state index is 10.6. The van der Waals surface area contributed by atoms with Crippen LogP contribution >= 0.6 is 11.3 Å². The molecule has 0 bridgehead atoms. The largest absolute Gasteiger partial charge is 0.476 e. The third-order valence-electron chi connectivity index (χ3n) is 2.38. The van der Waals surface area contributed by atoms with Crippen LogP contribution < -0.4 is 0 Å². The molecule has 1 rings (SSSR count). The van der Waals surface area contributed by atoms with Crippen molar-refractivity contribution in [3.05, 3.63) is 16.1 Å². The molecule has 0 radical (unpaired) electrons. The zero-order chi connectivity index (χ0) is 12.5. The Bertz CT molecular complexity index is 338. The molecule has 0 aliphatic carbocycles. The van der Waals surface area contributed by atoms with Crippen LogP contribution in [-0.4, -0.2) is 22.7 Å². The summed E-state index contributed by atoms with van der Waals surface area (Å²) in [5.41, 5.74) is 0.709. The van der Waals surface area contributed by atoms with E-state index in [2.05, 4.69) is 11.9 Å². The Morgan fingerprint density at radius 1 is 1.41 bits per heavy atom. The van der Waals surface area contributed by atoms with Gasteiger partial charge in [0.15, 0.2) is 0 Å². The quantitative estimate of drug-likeness (QED) is 0.689. The van der Waals surface area contributed by atoms with E-state index in [9.17, 15) is 4.79 Å². The molecule has 0 saturated carbocycles. The van der Waals surface area contributed by atoms with Gasteiger partial charge in [-0.3, -0.25) is 0 Å². The Labute approximate surface area is 106 Å². The van der Waals surface area contributed by atoms with Crippen LogP contribution in [0, 0.1) is 0 Å². The zero-order valence-electron chi connectivity index (χ0n) is 10.1. The van der Waals surface area contributed by atoms with E-state index in [4.69, 9.17) is 9.84 Å². The number of carbonyl (C=O) groups is 1. The number of nitrogens with zero attached hydrogens (tertiary/aromatic N) is 1. The van der Waals surface area contributed by atoms with Crippen molar-refractivity contribution >= 4 is 17.3 Å². The van der Waals surface area contributed by atoms with Gasteiger partial charge in [0.2, 0.25) is 5.01 Å². The SMILES string of the molecule is CCCCCCCOCc1csc(C(=O)O)n1. The summed E-state index contributed by atoms with van der Waals surface area (Å²) in [5, 5.41) is 10.6. The Balaban J connectivity index is 2.07. The molecule has 0 fully saturated rings. The van der Waals surface area contributed by atoms with Gasteiger partial charge in [0.05, 0.1) is 12.3 Å². The van der Waals surface area contributed by atoms with Crippen molar-refractivity contribution in [2.75, 3.05) is 6.61 Å². The van der Waals surface area contributed by atoms with E-state index in [0.29, 0.717) is 12.3 Å². The Morgan fingerprint density at radius 2 is 2.18 bits per heavy atom. The summed E-state index contributed by atoms with van der Waals surface area (Å²) in [7, 11) is 0. The maximum Gasteiger partial charge on any atom is 0.365 e. The van der Waals surface area contributed by atoms with Crippen molar-refractivity contribution in [2.24, 2.45) is 0 Å². The molecule has 5 heteroatoms. The van der Waals surface area contributed by atoms with Gasteiger partial charge in [0, 0.05) is 12.0 Å². The first-order valence-corrected chi connectivity index (χ1v) is 6.87. The van der Waals surface area contributed by atoms with Gasteiger partial charge in [-0.1, -0.05) is 32.6 Å². The lowest BCUT2D eigenvalue weighted by atomic mass is 10.2. The first-order chi connectivity index (χ1) is 8.24. The summed E-state index contributed by atoms with van der Waals surface area (Å²) in [6, 6.07) is 0. The van der Waals surface area contributed by atoms with E-state index in [1.165, 1.54) is 25.7 Å². The maximum atomic E-state index is 10.6. The molecule has 1 heterocycles. The summed E-state index contributed by atoms with van der Waals surface area (Å²) < 4.78 is 5.44. The minimum absolute atomic E-state index is 0.131. The van der Waals surface area contributed by atoms with E-state index in [1.807, 2.05) is 0 Å². The second-order valence-electron chi connectivity index (χ2n) is 3.92. The third kappa shape index (κ3) is 5.79. The molecule has 1 aromatic heterocycles. The molecule has 0 unspecified atom stereocenters. The molecule has 0 aliphatic heterocycles. The van der Waals surface area contributed by atoms with Gasteiger partial charge in [0.1, 0.15) is 0 Å². The fourth-order valence-corrected chi connectivity index (χ4v) is 2.10. The lowest BCUT2D eigenvalue weighted by molar-refractivity contribution is 0.0695. The molecular formula is C12H19NO3S. The molecule has 96 valence electrons. The number of carboxylic acids is 1. The number of aromatic carboxylic acids is 1. The van der Waals surface area contributed by atoms with Crippen molar-refractivity contribution < 1.29 is 14.6 Å². The number of ether oxygens (including phenoxy) is 1. The second-order valence-corrected chi connectivity index (χ2v) is 4.77. The van der Waals surface area contributed by atoms with Crippen LogP contribution in [0.1, 0.15) is 54.5 Å². The smallest absolute Gasteiger partial charge is 0.365 e. The molecule has 0 aromatic carbocycles. The van der Waals surface area contributed by atoms with Crippen LogP contribution in [0.2, 0.25) is 0 Å². The molecule has 0 atom stereocenters. The second kappa shape index (κ2) is 8.20. The minimum atomic E-state index is -0.971. The zero-order valence-corrected chi connectivity index (χ0v) is 11.0. The average Bonchev–Trinajstić information content (AvgIpc) is 2.77. The van der Waals surface area contributed by atoms with Crippen molar-refractivity contribution in [2.45, 2.75) is 45.6 Å². The van der Waals surface area contributed by atoms with Gasteiger partial charge in [-0.2, -0.15) is 0 Å². The van der Waals surface area contributed by atoms with Gasteiger partial charge in [-0.15, -0.1) is 11.3 Å². The number of hydrogen-bond acceptors (Lipinski definition) is 4. The fraction of sp³-hybridized carbons (Fsp3) is 0.667. The Kier molecular flexibility index (Phi) is 6.81. The summed E-state index contributed by atoms with van der Waals surface area (Å²) in [4.78, 5) is 14.5. The first kappa shape index (κ1) is 14.1. The molecule has 17 heavy (non-hydrogen) atoms. The molecule has 4 nitrogen and oxygen atoms in total. The topological polar surface area (TPSA) is 59.4 Å². The highest BCUT2D eigenvalue weighted by atomic mass is 32.1. The number of unbranched alkanes of at least 4 members (excludes halogenated alkanes) is 4. The van der Waals surface area contributed by atoms with Crippen molar-refractivity contribution in [3.8, 4) is 0 Å². The van der Waals surface area contributed by atoms with E-state index in [-0.39, 0.29) is 5.01 Å². The van der Waals surface area contributed by atoms with Crippen LogP contribution in [0.15, 0.2) is 5.38 Å². The van der Waals surface area contributed by atoms with Crippen molar-refractivity contribution in [3.63, 3.8) is 0 Å². The van der Waals surface area contributed by atoms with Gasteiger partial charge in [-0.05, 0) is 6.42 Å². The van der Waals surface area contributed by atoms with E-state index in [0.717, 1.165) is 24.4 Å². The summed E-state index contributed by atoms with van der Waals surface area (Å²) in [5.74, 6) is -0.971. The van der Waals surface area contributed by atoms with Crippen LogP contribution in [0.3, 0.4) is 0 Å². The van der Waals surface area contributed by atoms with Gasteiger partial charge in [-0.25, -0.2) is 9.78 Å². The van der Waals surface area contributed by atoms with E-state index in [1.54, 1.807) is 5.38 Å². The number of thiazole rings is 1. The van der Waals surface area contributed by atoms with Gasteiger partial charge < -0.3 is 9.84 Å². The highest BCUT2D eigenvalue weighted by Gasteiger charge is 2.08. The van der Waals surface area contributed by atoms with Gasteiger partial charge in [0.25, 0.3) is 0 Å². The highest BCUT2D eigenvalue weighted by Crippen LogP contribution is 2.11. The molecule has 1 N–H and O–H groups in total. The standard InChI is InChI=1S/C12H19NO3S/c1-2-3-4-5-6-7-16-8-10-9-17-11(13-10)12(14)15/h9H,2-8H2,1H3,(H,14,15). The molecule has 0 spiro atoms. The lowest BCUT2D eigenvalue weighted by Crippen LogP contribution is -1.98. The Morgan fingerprint density at radius 3 is 2.82 bits per heavy atom. The summed E-state index contributed by atoms with van der Waals surface area (Å²) >= 11 is 1.14. The molecule has 0 aliphatic rings.